The van der Waals surface area contributed by atoms with Crippen molar-refractivity contribution in [1.29, 1.82) is 0 Å². The van der Waals surface area contributed by atoms with Crippen LogP contribution in [0.4, 0.5) is 0 Å². The van der Waals surface area contributed by atoms with E-state index in [1.807, 2.05) is 44.2 Å². The molecule has 18 heavy (non-hydrogen) atoms. The van der Waals surface area contributed by atoms with Crippen LogP contribution in [0, 0.1) is 11.3 Å². The first kappa shape index (κ1) is 13.0. The minimum atomic E-state index is -0.447. The molecule has 2 rings (SSSR count). The minimum absolute atomic E-state index is 0.155. The maximum Gasteiger partial charge on any atom is 0.168 e. The van der Waals surface area contributed by atoms with E-state index < -0.39 is 5.41 Å². The van der Waals surface area contributed by atoms with Crippen molar-refractivity contribution in [3.05, 3.63) is 35.9 Å². The summed E-state index contributed by atoms with van der Waals surface area (Å²) in [4.78, 5) is 24.1. The van der Waals surface area contributed by atoms with E-state index in [0.717, 1.165) is 18.4 Å². The van der Waals surface area contributed by atoms with Gasteiger partial charge in [0.15, 0.2) is 5.78 Å². The Morgan fingerprint density at radius 3 is 2.50 bits per heavy atom. The molecular weight excluding hydrogens is 224 g/mol. The lowest BCUT2D eigenvalue weighted by Crippen LogP contribution is -2.36. The number of hydrogen-bond donors (Lipinski definition) is 0. The third kappa shape index (κ3) is 2.53. The van der Waals surface area contributed by atoms with E-state index >= 15 is 0 Å². The SMILES string of the molecule is CC(C)(C(=O)c1ccccc1)C1CCCC(=O)C1. The standard InChI is InChI=1S/C16H20O2/c1-16(2,13-9-6-10-14(17)11-13)15(18)12-7-4-3-5-8-12/h3-5,7-8,13H,6,9-11H2,1-2H3. The number of hydrogen-bond acceptors (Lipinski definition) is 2. The molecule has 2 nitrogen and oxygen atoms in total. The zero-order chi connectivity index (χ0) is 13.2. The molecule has 1 atom stereocenters. The van der Waals surface area contributed by atoms with E-state index in [9.17, 15) is 9.59 Å². The Bertz CT molecular complexity index is 445. The van der Waals surface area contributed by atoms with Crippen LogP contribution in [0.5, 0.6) is 0 Å². The van der Waals surface area contributed by atoms with Crippen molar-refractivity contribution in [3.8, 4) is 0 Å². The summed E-state index contributed by atoms with van der Waals surface area (Å²) in [5, 5.41) is 0. The molecule has 0 saturated heterocycles. The number of Topliss-reactive ketones (excluding diaryl/α,β-unsaturated/α-hetero) is 2. The van der Waals surface area contributed by atoms with Gasteiger partial charge in [-0.25, -0.2) is 0 Å². The third-order valence-electron chi connectivity index (χ3n) is 4.12. The number of benzene rings is 1. The fourth-order valence-electron chi connectivity index (χ4n) is 2.79. The van der Waals surface area contributed by atoms with Crippen molar-refractivity contribution in [2.75, 3.05) is 0 Å². The van der Waals surface area contributed by atoms with E-state index in [4.69, 9.17) is 0 Å². The molecule has 0 aromatic heterocycles. The summed E-state index contributed by atoms with van der Waals surface area (Å²) in [6.45, 7) is 3.96. The monoisotopic (exact) mass is 244 g/mol. The molecular formula is C16H20O2. The molecule has 1 aromatic carbocycles. The van der Waals surface area contributed by atoms with Gasteiger partial charge in [-0.05, 0) is 18.8 Å². The van der Waals surface area contributed by atoms with Crippen LogP contribution in [0.15, 0.2) is 30.3 Å². The quantitative estimate of drug-likeness (QED) is 0.760. The first-order valence-electron chi connectivity index (χ1n) is 6.63. The van der Waals surface area contributed by atoms with Crippen molar-refractivity contribution in [1.82, 2.24) is 0 Å². The molecule has 1 aromatic rings. The van der Waals surface area contributed by atoms with E-state index in [2.05, 4.69) is 0 Å². The average Bonchev–Trinajstić information content (AvgIpc) is 2.39. The molecule has 1 saturated carbocycles. The maximum absolute atomic E-state index is 12.6. The van der Waals surface area contributed by atoms with Crippen LogP contribution >= 0.6 is 0 Å². The fraction of sp³-hybridized carbons (Fsp3) is 0.500. The van der Waals surface area contributed by atoms with Gasteiger partial charge in [0.1, 0.15) is 5.78 Å². The Hall–Kier alpha value is -1.44. The molecule has 0 aliphatic heterocycles. The van der Waals surface area contributed by atoms with Crippen LogP contribution in [-0.2, 0) is 4.79 Å². The molecule has 1 aliphatic rings. The summed E-state index contributed by atoms with van der Waals surface area (Å²) in [6.07, 6.45) is 3.16. The first-order valence-corrected chi connectivity index (χ1v) is 6.63. The van der Waals surface area contributed by atoms with Crippen LogP contribution in [0.1, 0.15) is 49.9 Å². The van der Waals surface area contributed by atoms with Gasteiger partial charge < -0.3 is 0 Å². The predicted molar refractivity (Wildman–Crippen MR) is 71.5 cm³/mol. The van der Waals surface area contributed by atoms with Gasteiger partial charge in [-0.15, -0.1) is 0 Å². The first-order chi connectivity index (χ1) is 8.51. The lowest BCUT2D eigenvalue weighted by atomic mass is 9.67. The van der Waals surface area contributed by atoms with Gasteiger partial charge in [-0.1, -0.05) is 44.2 Å². The van der Waals surface area contributed by atoms with E-state index in [1.54, 1.807) is 0 Å². The Kier molecular flexibility index (Phi) is 3.65. The second-order valence-electron chi connectivity index (χ2n) is 5.75. The highest BCUT2D eigenvalue weighted by atomic mass is 16.1. The largest absolute Gasteiger partial charge is 0.300 e. The third-order valence-corrected chi connectivity index (χ3v) is 4.12. The van der Waals surface area contributed by atoms with Gasteiger partial charge >= 0.3 is 0 Å². The molecule has 0 amide bonds. The summed E-state index contributed by atoms with van der Waals surface area (Å²) >= 11 is 0. The number of carbonyl (C=O) groups is 2. The molecule has 0 radical (unpaired) electrons. The van der Waals surface area contributed by atoms with Crippen LogP contribution in [0.25, 0.3) is 0 Å². The second kappa shape index (κ2) is 5.05. The summed E-state index contributed by atoms with van der Waals surface area (Å²) in [5.74, 6) is 0.648. The molecule has 96 valence electrons. The highest BCUT2D eigenvalue weighted by Gasteiger charge is 2.39. The van der Waals surface area contributed by atoms with Crippen molar-refractivity contribution >= 4 is 11.6 Å². The number of rotatable bonds is 3. The van der Waals surface area contributed by atoms with Crippen LogP contribution in [0.3, 0.4) is 0 Å². The molecule has 1 unspecified atom stereocenters. The normalized spacial score (nSPS) is 20.8. The zero-order valence-electron chi connectivity index (χ0n) is 11.1. The Morgan fingerprint density at radius 1 is 1.22 bits per heavy atom. The van der Waals surface area contributed by atoms with Crippen molar-refractivity contribution < 1.29 is 9.59 Å². The van der Waals surface area contributed by atoms with Crippen molar-refractivity contribution in [2.45, 2.75) is 39.5 Å². The smallest absolute Gasteiger partial charge is 0.168 e. The van der Waals surface area contributed by atoms with Crippen LogP contribution in [-0.4, -0.2) is 11.6 Å². The van der Waals surface area contributed by atoms with E-state index in [-0.39, 0.29) is 11.7 Å². The van der Waals surface area contributed by atoms with Gasteiger partial charge in [0, 0.05) is 23.8 Å². The van der Waals surface area contributed by atoms with E-state index in [1.165, 1.54) is 0 Å². The van der Waals surface area contributed by atoms with Crippen molar-refractivity contribution in [3.63, 3.8) is 0 Å². The molecule has 0 N–H and O–H groups in total. The van der Waals surface area contributed by atoms with Gasteiger partial charge in [0.25, 0.3) is 0 Å². The molecule has 1 fully saturated rings. The number of ketones is 2. The van der Waals surface area contributed by atoms with Crippen LogP contribution in [0.2, 0.25) is 0 Å². The van der Waals surface area contributed by atoms with Crippen LogP contribution < -0.4 is 0 Å². The fourth-order valence-corrected chi connectivity index (χ4v) is 2.79. The molecule has 0 spiro atoms. The van der Waals surface area contributed by atoms with E-state index in [0.29, 0.717) is 18.6 Å². The second-order valence-corrected chi connectivity index (χ2v) is 5.75. The predicted octanol–water partition coefficient (Wildman–Crippen LogP) is 3.65. The van der Waals surface area contributed by atoms with Gasteiger partial charge in [0.05, 0.1) is 0 Å². The molecule has 2 heteroatoms. The van der Waals surface area contributed by atoms with Crippen molar-refractivity contribution in [2.24, 2.45) is 11.3 Å². The highest BCUT2D eigenvalue weighted by molar-refractivity contribution is 6.00. The zero-order valence-corrected chi connectivity index (χ0v) is 11.1. The van der Waals surface area contributed by atoms with Gasteiger partial charge in [-0.3, -0.25) is 9.59 Å². The summed E-state index contributed by atoms with van der Waals surface area (Å²) in [7, 11) is 0. The summed E-state index contributed by atoms with van der Waals surface area (Å²) in [5.41, 5.74) is 0.303. The molecule has 0 heterocycles. The average molecular weight is 244 g/mol. The topological polar surface area (TPSA) is 34.1 Å². The van der Waals surface area contributed by atoms with Gasteiger partial charge in [-0.2, -0.15) is 0 Å². The lowest BCUT2D eigenvalue weighted by molar-refractivity contribution is -0.122. The Labute approximate surface area is 108 Å². The summed E-state index contributed by atoms with van der Waals surface area (Å²) < 4.78 is 0. The molecule has 1 aliphatic carbocycles. The Balaban J connectivity index is 2.20. The van der Waals surface area contributed by atoms with Gasteiger partial charge in [0.2, 0.25) is 0 Å². The Morgan fingerprint density at radius 2 is 1.89 bits per heavy atom. The maximum atomic E-state index is 12.6. The summed E-state index contributed by atoms with van der Waals surface area (Å²) in [6, 6.07) is 9.39. The minimum Gasteiger partial charge on any atom is -0.300 e. The lowest BCUT2D eigenvalue weighted by Gasteiger charge is -2.35. The molecule has 0 bridgehead atoms. The number of carbonyl (C=O) groups excluding carboxylic acids is 2. The highest BCUT2D eigenvalue weighted by Crippen LogP contribution is 2.39.